The number of carbonyl (C=O) groups excluding carboxylic acids is 2. The van der Waals surface area contributed by atoms with Gasteiger partial charge in [0.05, 0.1) is 0 Å². The lowest BCUT2D eigenvalue weighted by Gasteiger charge is -2.32. The summed E-state index contributed by atoms with van der Waals surface area (Å²) < 4.78 is 2.31. The summed E-state index contributed by atoms with van der Waals surface area (Å²) in [7, 11) is 0. The molecule has 1 aromatic carbocycles. The number of aryl methyl sites for hydroxylation is 2. The molecule has 1 N–H and O–H groups in total. The van der Waals surface area contributed by atoms with Gasteiger partial charge in [0.1, 0.15) is 11.6 Å². The molecule has 164 valence electrons. The molecule has 3 aliphatic rings. The van der Waals surface area contributed by atoms with Gasteiger partial charge in [0, 0.05) is 56.3 Å². The van der Waals surface area contributed by atoms with Gasteiger partial charge in [-0.3, -0.25) is 9.69 Å². The third-order valence-electron chi connectivity index (χ3n) is 6.80. The van der Waals surface area contributed by atoms with Crippen molar-refractivity contribution in [2.75, 3.05) is 31.1 Å². The SMILES string of the molecule is Cc1cc(C(=O)N2CCCC(c3nnc4n3CCCCC4)C2)ccc1N1CCNC1=O. The van der Waals surface area contributed by atoms with Gasteiger partial charge < -0.3 is 14.8 Å². The number of carbonyl (C=O) groups is 2. The van der Waals surface area contributed by atoms with Gasteiger partial charge in [0.15, 0.2) is 0 Å². The summed E-state index contributed by atoms with van der Waals surface area (Å²) in [6, 6.07) is 5.58. The molecule has 3 aliphatic heterocycles. The molecular formula is C23H30N6O2. The van der Waals surface area contributed by atoms with Crippen LogP contribution in [0.3, 0.4) is 0 Å². The maximum atomic E-state index is 13.3. The molecule has 8 heteroatoms. The lowest BCUT2D eigenvalue weighted by molar-refractivity contribution is 0.0703. The van der Waals surface area contributed by atoms with Crippen LogP contribution in [0.5, 0.6) is 0 Å². The van der Waals surface area contributed by atoms with Gasteiger partial charge in [-0.2, -0.15) is 0 Å². The predicted molar refractivity (Wildman–Crippen MR) is 117 cm³/mol. The Labute approximate surface area is 182 Å². The first-order chi connectivity index (χ1) is 15.1. The lowest BCUT2D eigenvalue weighted by atomic mass is 9.96. The summed E-state index contributed by atoms with van der Waals surface area (Å²) in [6.45, 7) is 5.72. The predicted octanol–water partition coefficient (Wildman–Crippen LogP) is 2.86. The second-order valence-corrected chi connectivity index (χ2v) is 8.91. The van der Waals surface area contributed by atoms with E-state index in [0.717, 1.165) is 55.3 Å². The molecule has 0 spiro atoms. The van der Waals surface area contributed by atoms with Crippen LogP contribution in [0, 0.1) is 6.92 Å². The lowest BCUT2D eigenvalue weighted by Crippen LogP contribution is -2.40. The minimum Gasteiger partial charge on any atom is -0.338 e. The van der Waals surface area contributed by atoms with E-state index >= 15 is 0 Å². The van der Waals surface area contributed by atoms with E-state index in [1.807, 2.05) is 30.0 Å². The van der Waals surface area contributed by atoms with E-state index < -0.39 is 0 Å². The number of benzene rings is 1. The molecule has 2 aromatic rings. The molecule has 1 aromatic heterocycles. The Morgan fingerprint density at radius 1 is 1.10 bits per heavy atom. The first-order valence-corrected chi connectivity index (χ1v) is 11.5. The fourth-order valence-corrected chi connectivity index (χ4v) is 5.16. The van der Waals surface area contributed by atoms with Gasteiger partial charge in [0.2, 0.25) is 0 Å². The summed E-state index contributed by atoms with van der Waals surface area (Å²) in [4.78, 5) is 29.0. The average Bonchev–Trinajstić information content (AvgIpc) is 3.32. The van der Waals surface area contributed by atoms with E-state index in [4.69, 9.17) is 0 Å². The number of hydrogen-bond acceptors (Lipinski definition) is 4. The standard InChI is InChI=1S/C23H30N6O2/c1-16-14-17(8-9-19(16)28-13-10-24-23(28)31)22(30)27-11-5-6-18(15-27)21-26-25-20-7-3-2-4-12-29(20)21/h8-9,14,18H,2-7,10-13,15H2,1H3,(H,24,31). The maximum absolute atomic E-state index is 13.3. The van der Waals surface area contributed by atoms with E-state index in [1.165, 1.54) is 19.3 Å². The van der Waals surface area contributed by atoms with Crippen molar-refractivity contribution in [3.05, 3.63) is 41.0 Å². The molecule has 1 atom stereocenters. The zero-order valence-electron chi connectivity index (χ0n) is 18.1. The number of likely N-dealkylation sites (tertiary alicyclic amines) is 1. The number of hydrogen-bond donors (Lipinski definition) is 1. The minimum absolute atomic E-state index is 0.0563. The molecular weight excluding hydrogens is 392 g/mol. The first kappa shape index (κ1) is 20.0. The fourth-order valence-electron chi connectivity index (χ4n) is 5.16. The van der Waals surface area contributed by atoms with Crippen molar-refractivity contribution < 1.29 is 9.59 Å². The Balaban J connectivity index is 1.33. The van der Waals surface area contributed by atoms with Crippen molar-refractivity contribution in [2.24, 2.45) is 0 Å². The molecule has 31 heavy (non-hydrogen) atoms. The zero-order chi connectivity index (χ0) is 21.4. The Morgan fingerprint density at radius 2 is 2.00 bits per heavy atom. The number of amides is 3. The summed E-state index contributed by atoms with van der Waals surface area (Å²) >= 11 is 0. The van der Waals surface area contributed by atoms with Gasteiger partial charge in [-0.1, -0.05) is 6.42 Å². The molecule has 2 saturated heterocycles. The number of nitrogens with zero attached hydrogens (tertiary/aromatic N) is 5. The van der Waals surface area contributed by atoms with E-state index in [0.29, 0.717) is 25.2 Å². The van der Waals surface area contributed by atoms with Crippen LogP contribution in [0.25, 0.3) is 0 Å². The van der Waals surface area contributed by atoms with Crippen LogP contribution in [-0.2, 0) is 13.0 Å². The number of aromatic nitrogens is 3. The molecule has 3 amide bonds. The zero-order valence-corrected chi connectivity index (χ0v) is 18.1. The smallest absolute Gasteiger partial charge is 0.322 e. The van der Waals surface area contributed by atoms with Gasteiger partial charge in [-0.05, 0) is 56.4 Å². The monoisotopic (exact) mass is 422 g/mol. The number of nitrogens with one attached hydrogen (secondary N) is 1. The van der Waals surface area contributed by atoms with Gasteiger partial charge >= 0.3 is 6.03 Å². The average molecular weight is 423 g/mol. The van der Waals surface area contributed by atoms with Gasteiger partial charge in [-0.15, -0.1) is 10.2 Å². The van der Waals surface area contributed by atoms with E-state index in [2.05, 4.69) is 20.1 Å². The highest BCUT2D eigenvalue weighted by molar-refractivity contribution is 5.98. The van der Waals surface area contributed by atoms with E-state index in [1.54, 1.807) is 4.90 Å². The molecule has 1 unspecified atom stereocenters. The van der Waals surface area contributed by atoms with Crippen molar-refractivity contribution in [3.8, 4) is 0 Å². The molecule has 0 bridgehead atoms. The normalized spacial score (nSPS) is 21.6. The summed E-state index contributed by atoms with van der Waals surface area (Å²) in [5.41, 5.74) is 2.50. The van der Waals surface area contributed by atoms with Gasteiger partial charge in [-0.25, -0.2) is 4.79 Å². The number of fused-ring (bicyclic) bond motifs is 1. The maximum Gasteiger partial charge on any atom is 0.322 e. The highest BCUT2D eigenvalue weighted by Gasteiger charge is 2.30. The largest absolute Gasteiger partial charge is 0.338 e. The van der Waals surface area contributed by atoms with Crippen LogP contribution in [0.4, 0.5) is 10.5 Å². The van der Waals surface area contributed by atoms with Crippen LogP contribution in [0.1, 0.15) is 65.6 Å². The van der Waals surface area contributed by atoms with Crippen LogP contribution in [0.15, 0.2) is 18.2 Å². The van der Waals surface area contributed by atoms with Crippen molar-refractivity contribution in [1.82, 2.24) is 25.0 Å². The molecule has 4 heterocycles. The Morgan fingerprint density at radius 3 is 2.81 bits per heavy atom. The summed E-state index contributed by atoms with van der Waals surface area (Å²) in [5, 5.41) is 11.8. The Hall–Kier alpha value is -2.90. The number of urea groups is 1. The van der Waals surface area contributed by atoms with Crippen LogP contribution >= 0.6 is 0 Å². The highest BCUT2D eigenvalue weighted by atomic mass is 16.2. The molecule has 0 saturated carbocycles. The van der Waals surface area contributed by atoms with Crippen molar-refractivity contribution in [2.45, 2.75) is 57.9 Å². The molecule has 2 fully saturated rings. The second-order valence-electron chi connectivity index (χ2n) is 8.91. The van der Waals surface area contributed by atoms with E-state index in [-0.39, 0.29) is 17.9 Å². The second kappa shape index (κ2) is 8.32. The van der Waals surface area contributed by atoms with Crippen molar-refractivity contribution in [1.29, 1.82) is 0 Å². The molecule has 5 rings (SSSR count). The molecule has 0 aliphatic carbocycles. The minimum atomic E-state index is -0.0755. The topological polar surface area (TPSA) is 83.4 Å². The Bertz CT molecular complexity index is 1000. The third-order valence-corrected chi connectivity index (χ3v) is 6.80. The van der Waals surface area contributed by atoms with Crippen LogP contribution in [0.2, 0.25) is 0 Å². The van der Waals surface area contributed by atoms with Gasteiger partial charge in [0.25, 0.3) is 5.91 Å². The summed E-state index contributed by atoms with van der Waals surface area (Å²) in [6.07, 6.45) is 6.62. The highest BCUT2D eigenvalue weighted by Crippen LogP contribution is 2.30. The van der Waals surface area contributed by atoms with Crippen LogP contribution in [-0.4, -0.2) is 57.8 Å². The fraction of sp³-hybridized carbons (Fsp3) is 0.565. The number of rotatable bonds is 3. The number of piperidine rings is 1. The quantitative estimate of drug-likeness (QED) is 0.825. The molecule has 0 radical (unpaired) electrons. The van der Waals surface area contributed by atoms with Crippen LogP contribution < -0.4 is 10.2 Å². The molecule has 8 nitrogen and oxygen atoms in total. The van der Waals surface area contributed by atoms with Crippen molar-refractivity contribution in [3.63, 3.8) is 0 Å². The number of anilines is 1. The first-order valence-electron chi connectivity index (χ1n) is 11.5. The third kappa shape index (κ3) is 3.79. The Kier molecular flexibility index (Phi) is 5.38. The summed E-state index contributed by atoms with van der Waals surface area (Å²) in [5.74, 6) is 2.46. The van der Waals surface area contributed by atoms with Crippen molar-refractivity contribution >= 4 is 17.6 Å². The van der Waals surface area contributed by atoms with E-state index in [9.17, 15) is 9.59 Å².